The van der Waals surface area contributed by atoms with Crippen molar-refractivity contribution in [2.45, 2.75) is 38.8 Å². The number of likely N-dealkylation sites (tertiary alicyclic amines) is 1. The van der Waals surface area contributed by atoms with Gasteiger partial charge < -0.3 is 5.32 Å². The third-order valence-electron chi connectivity index (χ3n) is 5.89. The van der Waals surface area contributed by atoms with Gasteiger partial charge in [0.15, 0.2) is 0 Å². The van der Waals surface area contributed by atoms with E-state index < -0.39 is 0 Å². The first-order chi connectivity index (χ1) is 13.0. The van der Waals surface area contributed by atoms with Crippen molar-refractivity contribution in [3.05, 3.63) is 41.8 Å². The molecule has 6 heteroatoms. The molecule has 1 aliphatic carbocycles. The van der Waals surface area contributed by atoms with Crippen LogP contribution in [0.4, 0.5) is 4.39 Å². The first kappa shape index (κ1) is 18.2. The lowest BCUT2D eigenvalue weighted by Crippen LogP contribution is -2.45. The fourth-order valence-corrected chi connectivity index (χ4v) is 3.91. The van der Waals surface area contributed by atoms with Crippen molar-refractivity contribution in [1.82, 2.24) is 20.0 Å². The SMILES string of the molecule is CC1CC1C(=O)NC1CCN(Cc2cc(-c3ccccc3F)nn2C)CC1. The molecular weight excluding hydrogens is 343 g/mol. The van der Waals surface area contributed by atoms with Crippen LogP contribution in [0.1, 0.15) is 31.9 Å². The normalized spacial score (nSPS) is 23.4. The lowest BCUT2D eigenvalue weighted by molar-refractivity contribution is -0.123. The van der Waals surface area contributed by atoms with Gasteiger partial charge in [0.2, 0.25) is 5.91 Å². The van der Waals surface area contributed by atoms with Crippen LogP contribution in [0.5, 0.6) is 0 Å². The molecule has 1 saturated heterocycles. The molecule has 144 valence electrons. The minimum absolute atomic E-state index is 0.238. The fourth-order valence-electron chi connectivity index (χ4n) is 3.91. The molecule has 2 aromatic rings. The Morgan fingerprint density at radius 2 is 2.00 bits per heavy atom. The molecule has 5 nitrogen and oxygen atoms in total. The number of piperidine rings is 1. The summed E-state index contributed by atoms with van der Waals surface area (Å²) >= 11 is 0. The number of carbonyl (C=O) groups is 1. The van der Waals surface area contributed by atoms with Gasteiger partial charge in [-0.05, 0) is 43.4 Å². The molecule has 4 rings (SSSR count). The quantitative estimate of drug-likeness (QED) is 0.880. The lowest BCUT2D eigenvalue weighted by atomic mass is 10.0. The van der Waals surface area contributed by atoms with Crippen molar-refractivity contribution < 1.29 is 9.18 Å². The predicted molar refractivity (Wildman–Crippen MR) is 102 cm³/mol. The minimum atomic E-state index is -0.247. The summed E-state index contributed by atoms with van der Waals surface area (Å²) < 4.78 is 15.9. The zero-order valence-electron chi connectivity index (χ0n) is 16.0. The molecule has 1 amide bonds. The molecule has 27 heavy (non-hydrogen) atoms. The predicted octanol–water partition coefficient (Wildman–Crippen LogP) is 2.96. The molecule has 2 aliphatic rings. The van der Waals surface area contributed by atoms with Crippen molar-refractivity contribution in [2.75, 3.05) is 13.1 Å². The number of hydrogen-bond donors (Lipinski definition) is 1. The Hall–Kier alpha value is -2.21. The van der Waals surface area contributed by atoms with Crippen LogP contribution >= 0.6 is 0 Å². The van der Waals surface area contributed by atoms with Gasteiger partial charge in [-0.1, -0.05) is 19.1 Å². The molecule has 1 aromatic heterocycles. The van der Waals surface area contributed by atoms with Crippen molar-refractivity contribution in [1.29, 1.82) is 0 Å². The highest BCUT2D eigenvalue weighted by Crippen LogP contribution is 2.37. The summed E-state index contributed by atoms with van der Waals surface area (Å²) in [5, 5.41) is 7.70. The molecule has 1 aliphatic heterocycles. The molecule has 2 heterocycles. The van der Waals surface area contributed by atoms with Crippen LogP contribution in [0.15, 0.2) is 30.3 Å². The van der Waals surface area contributed by atoms with Crippen molar-refractivity contribution in [2.24, 2.45) is 18.9 Å². The van der Waals surface area contributed by atoms with Crippen LogP contribution in [0, 0.1) is 17.7 Å². The van der Waals surface area contributed by atoms with Crippen LogP contribution in [0.2, 0.25) is 0 Å². The maximum atomic E-state index is 14.0. The highest BCUT2D eigenvalue weighted by molar-refractivity contribution is 5.81. The number of aryl methyl sites for hydroxylation is 1. The summed E-state index contributed by atoms with van der Waals surface area (Å²) in [6.45, 7) is 4.82. The Morgan fingerprint density at radius 1 is 1.30 bits per heavy atom. The Kier molecular flexibility index (Phi) is 5.00. The molecular formula is C21H27FN4O. The van der Waals surface area contributed by atoms with Crippen LogP contribution in [-0.4, -0.2) is 39.7 Å². The average molecular weight is 370 g/mol. The Balaban J connectivity index is 1.33. The highest BCUT2D eigenvalue weighted by atomic mass is 19.1. The van der Waals surface area contributed by atoms with Gasteiger partial charge in [0, 0.05) is 44.2 Å². The Bertz CT molecular complexity index is 825. The molecule has 2 fully saturated rings. The van der Waals surface area contributed by atoms with E-state index in [0.29, 0.717) is 23.2 Å². The third kappa shape index (κ3) is 4.05. The van der Waals surface area contributed by atoms with Gasteiger partial charge in [0.05, 0.1) is 11.4 Å². The summed E-state index contributed by atoms with van der Waals surface area (Å²) in [6.07, 6.45) is 2.99. The third-order valence-corrected chi connectivity index (χ3v) is 5.89. The number of nitrogens with one attached hydrogen (secondary N) is 1. The number of aromatic nitrogens is 2. The van der Waals surface area contributed by atoms with Crippen molar-refractivity contribution >= 4 is 5.91 Å². The maximum Gasteiger partial charge on any atom is 0.223 e. The van der Waals surface area contributed by atoms with Crippen LogP contribution < -0.4 is 5.32 Å². The van der Waals surface area contributed by atoms with Crippen molar-refractivity contribution in [3.63, 3.8) is 0 Å². The van der Waals surface area contributed by atoms with Gasteiger partial charge in [-0.25, -0.2) is 4.39 Å². The highest BCUT2D eigenvalue weighted by Gasteiger charge is 2.39. The van der Waals surface area contributed by atoms with Gasteiger partial charge in [-0.15, -0.1) is 0 Å². The fraction of sp³-hybridized carbons (Fsp3) is 0.524. The van der Waals surface area contributed by atoms with Gasteiger partial charge in [0.1, 0.15) is 5.82 Å². The number of amides is 1. The zero-order valence-corrected chi connectivity index (χ0v) is 16.0. The largest absolute Gasteiger partial charge is 0.353 e. The number of carbonyl (C=O) groups excluding carboxylic acids is 1. The Morgan fingerprint density at radius 3 is 2.67 bits per heavy atom. The summed E-state index contributed by atoms with van der Waals surface area (Å²) in [4.78, 5) is 14.5. The molecule has 0 radical (unpaired) electrons. The van der Waals surface area contributed by atoms with Crippen molar-refractivity contribution in [3.8, 4) is 11.3 Å². The minimum Gasteiger partial charge on any atom is -0.353 e. The smallest absolute Gasteiger partial charge is 0.223 e. The summed E-state index contributed by atoms with van der Waals surface area (Å²) in [5.74, 6) is 0.790. The molecule has 0 bridgehead atoms. The average Bonchev–Trinajstić information content (AvgIpc) is 3.28. The van der Waals surface area contributed by atoms with E-state index in [9.17, 15) is 9.18 Å². The van der Waals surface area contributed by atoms with Crippen LogP contribution in [-0.2, 0) is 18.4 Å². The molecule has 2 unspecified atom stereocenters. The first-order valence-electron chi connectivity index (χ1n) is 9.82. The molecule has 0 spiro atoms. The second kappa shape index (κ2) is 7.43. The zero-order chi connectivity index (χ0) is 19.0. The molecule has 2 atom stereocenters. The number of benzene rings is 1. The topological polar surface area (TPSA) is 50.2 Å². The van der Waals surface area contributed by atoms with E-state index in [0.717, 1.165) is 44.6 Å². The number of rotatable bonds is 5. The first-order valence-corrected chi connectivity index (χ1v) is 9.82. The van der Waals surface area contributed by atoms with E-state index in [1.807, 2.05) is 23.9 Å². The second-order valence-electron chi connectivity index (χ2n) is 8.00. The molecule has 1 N–H and O–H groups in total. The maximum absolute atomic E-state index is 14.0. The van der Waals surface area contributed by atoms with Gasteiger partial charge in [0.25, 0.3) is 0 Å². The van der Waals surface area contributed by atoms with E-state index >= 15 is 0 Å². The summed E-state index contributed by atoms with van der Waals surface area (Å²) in [5.41, 5.74) is 2.28. The van der Waals surface area contributed by atoms with Gasteiger partial charge in [-0.2, -0.15) is 5.10 Å². The number of halogens is 1. The molecule has 1 saturated carbocycles. The van der Waals surface area contributed by atoms with E-state index in [-0.39, 0.29) is 17.6 Å². The lowest BCUT2D eigenvalue weighted by Gasteiger charge is -2.32. The van der Waals surface area contributed by atoms with Gasteiger partial charge >= 0.3 is 0 Å². The second-order valence-corrected chi connectivity index (χ2v) is 8.00. The monoisotopic (exact) mass is 370 g/mol. The Labute approximate surface area is 159 Å². The van der Waals surface area contributed by atoms with Gasteiger partial charge in [-0.3, -0.25) is 14.4 Å². The van der Waals surface area contributed by atoms with E-state index in [4.69, 9.17) is 0 Å². The van der Waals surface area contributed by atoms with E-state index in [2.05, 4.69) is 22.2 Å². The molecule has 1 aromatic carbocycles. The number of nitrogens with zero attached hydrogens (tertiary/aromatic N) is 3. The number of hydrogen-bond acceptors (Lipinski definition) is 3. The van der Waals surface area contributed by atoms with E-state index in [1.54, 1.807) is 12.1 Å². The standard InChI is InChI=1S/C21H27FN4O/c1-14-11-18(14)21(27)23-15-7-9-26(10-8-15)13-16-12-20(24-25(16)2)17-5-3-4-6-19(17)22/h3-6,12,14-15,18H,7-11,13H2,1-2H3,(H,23,27). The van der Waals surface area contributed by atoms with Crippen LogP contribution in [0.25, 0.3) is 11.3 Å². The van der Waals surface area contributed by atoms with E-state index in [1.165, 1.54) is 6.07 Å². The summed E-state index contributed by atoms with van der Waals surface area (Å²) in [7, 11) is 1.91. The summed E-state index contributed by atoms with van der Waals surface area (Å²) in [6, 6.07) is 9.01. The van der Waals surface area contributed by atoms with Crippen LogP contribution in [0.3, 0.4) is 0 Å².